The Kier molecular flexibility index (Phi) is 2.51. The monoisotopic (exact) mass is 263 g/mol. The quantitative estimate of drug-likeness (QED) is 0.791. The minimum Gasteiger partial charge on any atom is -0.377 e. The van der Waals surface area contributed by atoms with E-state index in [9.17, 15) is 0 Å². The molecule has 4 heteroatoms. The molecule has 1 aliphatic heterocycles. The molecule has 2 N–H and O–H groups in total. The summed E-state index contributed by atoms with van der Waals surface area (Å²) in [5.41, 5.74) is 7.12. The van der Waals surface area contributed by atoms with Crippen molar-refractivity contribution in [1.82, 2.24) is 0 Å². The second kappa shape index (κ2) is 3.99. The zero-order valence-corrected chi connectivity index (χ0v) is 11.7. The molecule has 0 amide bonds. The van der Waals surface area contributed by atoms with Crippen molar-refractivity contribution in [2.45, 2.75) is 44.3 Å². The van der Waals surface area contributed by atoms with Gasteiger partial charge in [0.1, 0.15) is 0 Å². The predicted octanol–water partition coefficient (Wildman–Crippen LogP) is 2.86. The first-order valence-corrected chi connectivity index (χ1v) is 8.16. The fourth-order valence-corrected chi connectivity index (χ4v) is 5.97. The molecular formula is C14H21N3S. The van der Waals surface area contributed by atoms with Gasteiger partial charge >= 0.3 is 0 Å². The lowest BCUT2D eigenvalue weighted by Crippen LogP contribution is -2.50. The molecule has 98 valence electrons. The molecule has 0 aromatic heterocycles. The summed E-state index contributed by atoms with van der Waals surface area (Å²) in [6, 6.07) is 0. The van der Waals surface area contributed by atoms with Crippen LogP contribution in [-0.2, 0) is 0 Å². The van der Waals surface area contributed by atoms with Crippen LogP contribution in [0.15, 0.2) is 10.2 Å². The molecule has 1 unspecified atom stereocenters. The maximum atomic E-state index is 5.77. The molecule has 4 saturated carbocycles. The SMILES string of the molecule is CC1SC(N)=NN=C1C1C2CC3CC(C2)CC1C3. The summed E-state index contributed by atoms with van der Waals surface area (Å²) in [6.07, 6.45) is 7.32. The van der Waals surface area contributed by atoms with E-state index in [1.54, 1.807) is 11.8 Å². The van der Waals surface area contributed by atoms with Crippen LogP contribution in [0.3, 0.4) is 0 Å². The molecular weight excluding hydrogens is 242 g/mol. The first kappa shape index (κ1) is 11.3. The summed E-state index contributed by atoms with van der Waals surface area (Å²) in [7, 11) is 0. The first-order valence-electron chi connectivity index (χ1n) is 7.28. The largest absolute Gasteiger partial charge is 0.377 e. The van der Waals surface area contributed by atoms with Crippen LogP contribution in [0.2, 0.25) is 0 Å². The zero-order chi connectivity index (χ0) is 12.3. The number of amidine groups is 1. The Morgan fingerprint density at radius 1 is 1.00 bits per heavy atom. The summed E-state index contributed by atoms with van der Waals surface area (Å²) in [6.45, 7) is 2.25. The lowest BCUT2D eigenvalue weighted by Gasteiger charge is -2.55. The lowest BCUT2D eigenvalue weighted by atomic mass is 9.51. The van der Waals surface area contributed by atoms with E-state index in [-0.39, 0.29) is 0 Å². The molecule has 3 nitrogen and oxygen atoms in total. The van der Waals surface area contributed by atoms with Gasteiger partial charge in [0.05, 0.1) is 11.0 Å². The van der Waals surface area contributed by atoms with Crippen LogP contribution >= 0.6 is 11.8 Å². The average molecular weight is 263 g/mol. The Morgan fingerprint density at radius 3 is 2.17 bits per heavy atom. The van der Waals surface area contributed by atoms with Crippen LogP contribution in [0.25, 0.3) is 0 Å². The first-order chi connectivity index (χ1) is 8.70. The fourth-order valence-electron chi connectivity index (χ4n) is 5.20. The van der Waals surface area contributed by atoms with Crippen LogP contribution in [0.5, 0.6) is 0 Å². The number of thioether (sulfide) groups is 1. The fraction of sp³-hybridized carbons (Fsp3) is 0.857. The Bertz CT molecular complexity index is 401. The minimum absolute atomic E-state index is 0.435. The Hall–Kier alpha value is -0.510. The van der Waals surface area contributed by atoms with Crippen molar-refractivity contribution in [3.05, 3.63) is 0 Å². The van der Waals surface area contributed by atoms with E-state index in [0.29, 0.717) is 10.4 Å². The van der Waals surface area contributed by atoms with Crippen LogP contribution in [0.4, 0.5) is 0 Å². The van der Waals surface area contributed by atoms with E-state index in [2.05, 4.69) is 17.1 Å². The molecule has 5 rings (SSSR count). The molecule has 5 aliphatic rings. The van der Waals surface area contributed by atoms with E-state index in [0.717, 1.165) is 29.6 Å². The summed E-state index contributed by atoms with van der Waals surface area (Å²) < 4.78 is 0. The van der Waals surface area contributed by atoms with Crippen LogP contribution in [0, 0.1) is 29.6 Å². The highest BCUT2D eigenvalue weighted by atomic mass is 32.2. The second-order valence-corrected chi connectivity index (χ2v) is 8.04. The molecule has 0 radical (unpaired) electrons. The van der Waals surface area contributed by atoms with E-state index in [1.165, 1.54) is 37.8 Å². The van der Waals surface area contributed by atoms with Crippen molar-refractivity contribution in [3.63, 3.8) is 0 Å². The van der Waals surface area contributed by atoms with Gasteiger partial charge in [0.2, 0.25) is 0 Å². The van der Waals surface area contributed by atoms with Crippen LogP contribution in [-0.4, -0.2) is 16.1 Å². The summed E-state index contributed by atoms with van der Waals surface area (Å²) in [5, 5.41) is 9.71. The molecule has 0 aromatic rings. The Morgan fingerprint density at radius 2 is 1.61 bits per heavy atom. The third-order valence-electron chi connectivity index (χ3n) is 5.55. The predicted molar refractivity (Wildman–Crippen MR) is 76.6 cm³/mol. The van der Waals surface area contributed by atoms with Gasteiger partial charge in [-0.25, -0.2) is 0 Å². The molecule has 0 saturated heterocycles. The number of hydrogen-bond acceptors (Lipinski definition) is 4. The lowest BCUT2D eigenvalue weighted by molar-refractivity contribution is -0.00882. The van der Waals surface area contributed by atoms with Crippen molar-refractivity contribution in [1.29, 1.82) is 0 Å². The van der Waals surface area contributed by atoms with Gasteiger partial charge in [-0.15, -0.1) is 5.10 Å². The highest BCUT2D eigenvalue weighted by Gasteiger charge is 2.50. The molecule has 4 bridgehead atoms. The van der Waals surface area contributed by atoms with Gasteiger partial charge in [0.15, 0.2) is 5.17 Å². The maximum absolute atomic E-state index is 5.77. The van der Waals surface area contributed by atoms with Crippen LogP contribution in [0.1, 0.15) is 39.0 Å². The standard InChI is InChI=1S/C14H21N3S/c1-7-13(16-17-14(15)18-7)12-10-3-8-2-9(5-10)6-11(12)4-8/h7-12H,2-6H2,1H3,(H2,15,17). The molecule has 4 fully saturated rings. The smallest absolute Gasteiger partial charge is 0.181 e. The molecule has 1 heterocycles. The maximum Gasteiger partial charge on any atom is 0.181 e. The molecule has 1 atom stereocenters. The minimum atomic E-state index is 0.435. The number of rotatable bonds is 1. The number of nitrogens with two attached hydrogens (primary N) is 1. The molecule has 0 spiro atoms. The third kappa shape index (κ3) is 1.64. The van der Waals surface area contributed by atoms with Gasteiger partial charge in [0.25, 0.3) is 0 Å². The van der Waals surface area contributed by atoms with Gasteiger partial charge in [-0.1, -0.05) is 11.8 Å². The van der Waals surface area contributed by atoms with Gasteiger partial charge < -0.3 is 5.73 Å². The van der Waals surface area contributed by atoms with Gasteiger partial charge in [0, 0.05) is 5.92 Å². The van der Waals surface area contributed by atoms with E-state index < -0.39 is 0 Å². The normalized spacial score (nSPS) is 50.1. The van der Waals surface area contributed by atoms with Crippen molar-refractivity contribution in [2.75, 3.05) is 0 Å². The second-order valence-electron chi connectivity index (χ2n) is 6.68. The highest BCUT2D eigenvalue weighted by molar-refractivity contribution is 8.14. The topological polar surface area (TPSA) is 50.7 Å². The highest BCUT2D eigenvalue weighted by Crippen LogP contribution is 2.57. The summed E-state index contributed by atoms with van der Waals surface area (Å²) in [5.74, 6) is 4.58. The molecule has 0 aromatic carbocycles. The van der Waals surface area contributed by atoms with Crippen molar-refractivity contribution in [2.24, 2.45) is 45.5 Å². The molecule has 18 heavy (non-hydrogen) atoms. The van der Waals surface area contributed by atoms with Gasteiger partial charge in [-0.3, -0.25) is 0 Å². The van der Waals surface area contributed by atoms with E-state index in [4.69, 9.17) is 5.73 Å². The number of hydrogen-bond donors (Lipinski definition) is 1. The van der Waals surface area contributed by atoms with Gasteiger partial charge in [-0.05, 0) is 62.7 Å². The average Bonchev–Trinajstić information content (AvgIpc) is 2.30. The molecule has 4 aliphatic carbocycles. The van der Waals surface area contributed by atoms with Gasteiger partial charge in [-0.2, -0.15) is 5.10 Å². The van der Waals surface area contributed by atoms with Crippen molar-refractivity contribution >= 4 is 22.6 Å². The summed E-state index contributed by atoms with van der Waals surface area (Å²) >= 11 is 1.69. The Labute approximate surface area is 113 Å². The van der Waals surface area contributed by atoms with E-state index >= 15 is 0 Å². The van der Waals surface area contributed by atoms with Crippen molar-refractivity contribution in [3.8, 4) is 0 Å². The van der Waals surface area contributed by atoms with Crippen molar-refractivity contribution < 1.29 is 0 Å². The summed E-state index contributed by atoms with van der Waals surface area (Å²) in [4.78, 5) is 0. The Balaban J connectivity index is 1.65. The zero-order valence-electron chi connectivity index (χ0n) is 10.9. The van der Waals surface area contributed by atoms with E-state index in [1.807, 2.05) is 0 Å². The number of nitrogens with zero attached hydrogens (tertiary/aromatic N) is 2. The third-order valence-corrected chi connectivity index (χ3v) is 6.46. The van der Waals surface area contributed by atoms with Crippen LogP contribution < -0.4 is 5.73 Å².